The van der Waals surface area contributed by atoms with Gasteiger partial charge in [0.05, 0.1) is 34.4 Å². The van der Waals surface area contributed by atoms with Gasteiger partial charge in [-0.05, 0) is 55.9 Å². The number of hydrogen-bond acceptors (Lipinski definition) is 8. The third-order valence-electron chi connectivity index (χ3n) is 9.93. The molecule has 3 heterocycles. The van der Waals surface area contributed by atoms with E-state index in [9.17, 15) is 44.7 Å². The number of nitrogens with zero attached hydrogens (tertiary/aromatic N) is 8. The number of amides is 1. The molecule has 0 spiro atoms. The van der Waals surface area contributed by atoms with Crippen molar-refractivity contribution >= 4 is 29.3 Å². The van der Waals surface area contributed by atoms with Crippen LogP contribution < -0.4 is 5.73 Å². The van der Waals surface area contributed by atoms with Crippen LogP contribution in [0.1, 0.15) is 88.3 Å². The van der Waals surface area contributed by atoms with Crippen molar-refractivity contribution in [3.8, 4) is 16.9 Å². The van der Waals surface area contributed by atoms with Gasteiger partial charge < -0.3 is 5.73 Å². The Bertz CT molecular complexity index is 2110. The largest absolute Gasteiger partial charge is 0.398 e. The van der Waals surface area contributed by atoms with E-state index in [1.807, 2.05) is 0 Å². The van der Waals surface area contributed by atoms with Crippen molar-refractivity contribution in [2.45, 2.75) is 89.3 Å². The van der Waals surface area contributed by atoms with Gasteiger partial charge in [0.25, 0.3) is 12.3 Å². The van der Waals surface area contributed by atoms with Crippen LogP contribution in [0.5, 0.6) is 0 Å². The topological polar surface area (TPSA) is 137 Å². The molecule has 3 atom stereocenters. The van der Waals surface area contributed by atoms with Crippen molar-refractivity contribution < 1.29 is 44.7 Å². The van der Waals surface area contributed by atoms with Gasteiger partial charge in [0.15, 0.2) is 17.3 Å². The number of ketones is 1. The standard InChI is InChI=1S/C35H34ClF8N9O2/c1-18(34(39,40)41)27(54)13-12-25(20-6-11-23(36)26(14-20)52-29(28(37)38)46-17-48-52)51-30(55)33(49-31(51)45,16-32(2,3)35(42,43)44)21-7-4-19(5-8-21)24-15-47-53(50-24)22-9-10-22/h4-8,11,14-15,17-18,22,25,28H,9-10,12-13,16H2,1-3H3,(H2,45,49)/t18-,25+,33+/m0/s1. The van der Waals surface area contributed by atoms with Crippen molar-refractivity contribution in [3.05, 3.63) is 77.0 Å². The Labute approximate surface area is 313 Å². The lowest BCUT2D eigenvalue weighted by atomic mass is 9.74. The maximum atomic E-state index is 14.9. The maximum absolute atomic E-state index is 14.9. The second kappa shape index (κ2) is 14.3. The van der Waals surface area contributed by atoms with E-state index in [4.69, 9.17) is 17.3 Å². The molecule has 1 amide bonds. The summed E-state index contributed by atoms with van der Waals surface area (Å²) in [6.07, 6.45) is -10.9. The molecule has 2 aliphatic rings. The molecule has 20 heteroatoms. The highest BCUT2D eigenvalue weighted by molar-refractivity contribution is 6.32. The fourth-order valence-electron chi connectivity index (χ4n) is 6.46. The number of nitrogens with two attached hydrogens (primary N) is 1. The Morgan fingerprint density at radius 3 is 2.31 bits per heavy atom. The second-order valence-corrected chi connectivity index (χ2v) is 14.7. The quantitative estimate of drug-likeness (QED) is 0.135. The molecule has 11 nitrogen and oxygen atoms in total. The SMILES string of the molecule is C[C@@H](C(=O)CC[C@H](c1ccc(Cl)c(-n2ncnc2C(F)F)c1)N1C(=O)[C@@](CC(C)(C)C(F)(F)F)(c2ccc(-c3cnn(C4CC4)n3)cc2)N=C1N)C(F)(F)F. The van der Waals surface area contributed by atoms with E-state index < -0.39 is 84.4 Å². The summed E-state index contributed by atoms with van der Waals surface area (Å²) in [6.45, 7) is 2.45. The van der Waals surface area contributed by atoms with Crippen LogP contribution in [0.4, 0.5) is 35.1 Å². The van der Waals surface area contributed by atoms with Crippen molar-refractivity contribution in [2.24, 2.45) is 22.1 Å². The van der Waals surface area contributed by atoms with E-state index in [-0.39, 0.29) is 27.9 Å². The molecular weight excluding hydrogens is 766 g/mol. The number of aromatic nitrogens is 6. The lowest BCUT2D eigenvalue weighted by Gasteiger charge is -2.37. The molecule has 6 rings (SSSR count). The Hall–Kier alpha value is -4.94. The average molecular weight is 800 g/mol. The molecule has 1 saturated carbocycles. The summed E-state index contributed by atoms with van der Waals surface area (Å²) < 4.78 is 113. The summed E-state index contributed by atoms with van der Waals surface area (Å²) in [5.41, 5.74) is 2.42. The van der Waals surface area contributed by atoms with Crippen LogP contribution in [-0.4, -0.2) is 64.7 Å². The number of rotatable bonds is 13. The van der Waals surface area contributed by atoms with Gasteiger partial charge in [-0.2, -0.15) is 46.4 Å². The molecule has 2 aromatic carbocycles. The number of Topliss-reactive ketones (excluding diaryl/α,β-unsaturated/α-hetero) is 1. The monoisotopic (exact) mass is 799 g/mol. The molecule has 2 aromatic heterocycles. The molecule has 1 aliphatic carbocycles. The third-order valence-corrected chi connectivity index (χ3v) is 10.3. The summed E-state index contributed by atoms with van der Waals surface area (Å²) in [7, 11) is 0. The molecule has 0 radical (unpaired) electrons. The Morgan fingerprint density at radius 1 is 1.04 bits per heavy atom. The number of benzene rings is 2. The first-order valence-electron chi connectivity index (χ1n) is 17.0. The first kappa shape index (κ1) is 39.7. The van der Waals surface area contributed by atoms with E-state index in [0.29, 0.717) is 22.9 Å². The zero-order valence-corrected chi connectivity index (χ0v) is 30.2. The summed E-state index contributed by atoms with van der Waals surface area (Å²) in [5, 5.41) is 12.4. The van der Waals surface area contributed by atoms with E-state index in [0.717, 1.165) is 37.9 Å². The molecule has 0 saturated heterocycles. The Balaban J connectivity index is 1.45. The molecule has 1 aliphatic heterocycles. The highest BCUT2D eigenvalue weighted by Gasteiger charge is 2.59. The molecule has 294 valence electrons. The van der Waals surface area contributed by atoms with Gasteiger partial charge >= 0.3 is 12.4 Å². The van der Waals surface area contributed by atoms with Gasteiger partial charge in [-0.1, -0.05) is 55.8 Å². The van der Waals surface area contributed by atoms with Crippen LogP contribution in [0.25, 0.3) is 16.9 Å². The van der Waals surface area contributed by atoms with Crippen molar-refractivity contribution in [2.75, 3.05) is 0 Å². The van der Waals surface area contributed by atoms with Crippen molar-refractivity contribution in [1.82, 2.24) is 34.7 Å². The normalized spacial score (nSPS) is 19.3. The average Bonchev–Trinajstić information content (AvgIpc) is 3.52. The third kappa shape index (κ3) is 7.66. The van der Waals surface area contributed by atoms with Crippen LogP contribution in [0.3, 0.4) is 0 Å². The molecule has 4 aromatic rings. The number of carbonyl (C=O) groups excluding carboxylic acids is 2. The summed E-state index contributed by atoms with van der Waals surface area (Å²) >= 11 is 6.36. The van der Waals surface area contributed by atoms with Gasteiger partial charge in [0.1, 0.15) is 23.7 Å². The summed E-state index contributed by atoms with van der Waals surface area (Å²) in [5.74, 6) is -6.11. The Morgan fingerprint density at radius 2 is 1.71 bits per heavy atom. The van der Waals surface area contributed by atoms with Crippen molar-refractivity contribution in [1.29, 1.82) is 0 Å². The molecular formula is C35H34ClF8N9O2. The highest BCUT2D eigenvalue weighted by Crippen LogP contribution is 2.51. The van der Waals surface area contributed by atoms with Gasteiger partial charge in [0, 0.05) is 12.0 Å². The lowest BCUT2D eigenvalue weighted by Crippen LogP contribution is -2.48. The fourth-order valence-corrected chi connectivity index (χ4v) is 6.66. The van der Waals surface area contributed by atoms with Crippen LogP contribution in [0, 0.1) is 11.3 Å². The predicted molar refractivity (Wildman–Crippen MR) is 182 cm³/mol. The molecule has 55 heavy (non-hydrogen) atoms. The fraction of sp³-hybridized carbons (Fsp3) is 0.457. The minimum absolute atomic E-state index is 0.0140. The number of aliphatic imine (C=N–C) groups is 1. The first-order valence-corrected chi connectivity index (χ1v) is 17.4. The lowest BCUT2D eigenvalue weighted by molar-refractivity contribution is -0.218. The van der Waals surface area contributed by atoms with E-state index in [1.165, 1.54) is 36.5 Å². The van der Waals surface area contributed by atoms with E-state index >= 15 is 0 Å². The van der Waals surface area contributed by atoms with Gasteiger partial charge in [-0.15, -0.1) is 0 Å². The van der Waals surface area contributed by atoms with Crippen LogP contribution >= 0.6 is 11.6 Å². The number of guanidine groups is 1. The second-order valence-electron chi connectivity index (χ2n) is 14.2. The van der Waals surface area contributed by atoms with Crippen LogP contribution in [0.15, 0.2) is 60.0 Å². The zero-order chi connectivity index (χ0) is 40.2. The first-order chi connectivity index (χ1) is 25.6. The zero-order valence-electron chi connectivity index (χ0n) is 29.4. The Kier molecular flexibility index (Phi) is 10.3. The van der Waals surface area contributed by atoms with Crippen molar-refractivity contribution in [3.63, 3.8) is 0 Å². The van der Waals surface area contributed by atoms with E-state index in [1.54, 1.807) is 16.9 Å². The molecule has 0 bridgehead atoms. The number of carbonyl (C=O) groups is 2. The predicted octanol–water partition coefficient (Wildman–Crippen LogP) is 8.07. The minimum Gasteiger partial charge on any atom is -0.369 e. The van der Waals surface area contributed by atoms with Gasteiger partial charge in [-0.3, -0.25) is 14.5 Å². The summed E-state index contributed by atoms with van der Waals surface area (Å²) in [4.78, 5) is 38.0. The minimum atomic E-state index is -4.89. The number of halogens is 9. The van der Waals surface area contributed by atoms with Gasteiger partial charge in [0.2, 0.25) is 0 Å². The number of hydrogen-bond donors (Lipinski definition) is 1. The smallest absolute Gasteiger partial charge is 0.369 e. The van der Waals surface area contributed by atoms with E-state index in [2.05, 4.69) is 25.3 Å². The van der Waals surface area contributed by atoms with Crippen LogP contribution in [-0.2, 0) is 15.1 Å². The van der Waals surface area contributed by atoms with Gasteiger partial charge in [-0.25, -0.2) is 23.4 Å². The molecule has 2 N–H and O–H groups in total. The molecule has 0 unspecified atom stereocenters. The molecule has 1 fully saturated rings. The maximum Gasteiger partial charge on any atom is 0.398 e. The summed E-state index contributed by atoms with van der Waals surface area (Å²) in [6, 6.07) is 8.39. The van der Waals surface area contributed by atoms with Crippen LogP contribution in [0.2, 0.25) is 5.02 Å². The highest BCUT2D eigenvalue weighted by atomic mass is 35.5. The number of alkyl halides is 8.